The van der Waals surface area contributed by atoms with E-state index in [1.54, 1.807) is 0 Å². The number of carboxylic acid groups (broad SMARTS) is 1. The lowest BCUT2D eigenvalue weighted by atomic mass is 10.1. The van der Waals surface area contributed by atoms with Crippen LogP contribution in [0.5, 0.6) is 0 Å². The Bertz CT molecular complexity index is 744. The molecule has 0 aromatic heterocycles. The predicted octanol–water partition coefficient (Wildman–Crippen LogP) is 3.14. The van der Waals surface area contributed by atoms with Gasteiger partial charge >= 0.3 is 11.9 Å². The highest BCUT2D eigenvalue weighted by Gasteiger charge is 2.28. The zero-order chi connectivity index (χ0) is 17.2. The van der Waals surface area contributed by atoms with E-state index in [4.69, 9.17) is 0 Å². The summed E-state index contributed by atoms with van der Waals surface area (Å²) in [5.41, 5.74) is -0.699. The van der Waals surface area contributed by atoms with E-state index in [-0.39, 0.29) is 20.1 Å². The molecule has 122 valence electrons. The van der Waals surface area contributed by atoms with Crippen molar-refractivity contribution in [3.05, 3.63) is 29.0 Å². The zero-order valence-corrected chi connectivity index (χ0v) is 17.4. The maximum Gasteiger partial charge on any atom is 0.340 e. The number of carbonyl (C=O) groups is 2. The molecule has 0 saturated heterocycles. The second-order valence-electron chi connectivity index (χ2n) is 3.71. The molecular weight excluding hydrogens is 584 g/mol. The fraction of sp³-hybridized carbons (Fsp3) is 0.200. The quantitative estimate of drug-likeness (QED) is 0.243. The van der Waals surface area contributed by atoms with E-state index in [1.165, 1.54) is 0 Å². The van der Waals surface area contributed by atoms with E-state index in [1.807, 2.05) is 0 Å². The maximum atomic E-state index is 12.0. The summed E-state index contributed by atoms with van der Waals surface area (Å²) < 4.78 is 37.0. The Morgan fingerprint density at radius 1 is 1.00 bits per heavy atom. The van der Waals surface area contributed by atoms with Crippen LogP contribution in [0.2, 0.25) is 0 Å². The lowest BCUT2D eigenvalue weighted by Gasteiger charge is -2.14. The molecule has 0 saturated carbocycles. The highest BCUT2D eigenvalue weighted by Crippen LogP contribution is 2.42. The van der Waals surface area contributed by atoms with Crippen LogP contribution in [0, 0.1) is 0 Å². The smallest absolute Gasteiger partial charge is 0.340 e. The Kier molecular flexibility index (Phi) is 7.02. The minimum atomic E-state index is -4.54. The van der Waals surface area contributed by atoms with E-state index in [2.05, 4.69) is 68.5 Å². The molecule has 7 nitrogen and oxygen atoms in total. The second kappa shape index (κ2) is 7.71. The van der Waals surface area contributed by atoms with Crippen LogP contribution in [0.1, 0.15) is 20.7 Å². The van der Waals surface area contributed by atoms with Crippen molar-refractivity contribution in [2.24, 2.45) is 0 Å². The molecule has 0 aliphatic heterocycles. The largest absolute Gasteiger partial charge is 0.748 e. The third-order valence-corrected chi connectivity index (χ3v) is 7.69. The highest BCUT2D eigenvalue weighted by molar-refractivity contribution is 9.15. The number of rotatable bonds is 5. The van der Waals surface area contributed by atoms with Gasteiger partial charge in [-0.1, -0.05) is 0 Å². The normalized spacial score (nSPS) is 11.3. The molecule has 0 fully saturated rings. The standard InChI is InChI=1S/C10H6Br4O7S/c11-5-3(9(15)16)4(6(12)8(14)7(5)13)10(17)21-1-2-22(18,19)20/h1-2H2,(H,15,16)(H,18,19,20)/p-1. The van der Waals surface area contributed by atoms with Crippen LogP contribution < -0.4 is 0 Å². The van der Waals surface area contributed by atoms with Gasteiger partial charge in [-0.25, -0.2) is 18.0 Å². The molecular formula is C10H5Br4O7S-. The fourth-order valence-electron chi connectivity index (χ4n) is 1.33. The maximum absolute atomic E-state index is 12.0. The van der Waals surface area contributed by atoms with Crippen molar-refractivity contribution in [3.63, 3.8) is 0 Å². The molecule has 1 aromatic carbocycles. The number of hydrogen-bond donors (Lipinski definition) is 1. The van der Waals surface area contributed by atoms with Crippen molar-refractivity contribution < 1.29 is 32.4 Å². The molecule has 0 spiro atoms. The van der Waals surface area contributed by atoms with Crippen LogP contribution in [-0.4, -0.2) is 42.4 Å². The molecule has 0 aliphatic carbocycles. The van der Waals surface area contributed by atoms with Crippen molar-refractivity contribution >= 4 is 85.8 Å². The van der Waals surface area contributed by atoms with Crippen LogP contribution in [0.25, 0.3) is 0 Å². The first kappa shape index (κ1) is 20.0. The summed E-state index contributed by atoms with van der Waals surface area (Å²) in [7, 11) is -4.54. The molecule has 0 heterocycles. The molecule has 0 unspecified atom stereocenters. The topological polar surface area (TPSA) is 121 Å². The van der Waals surface area contributed by atoms with E-state index < -0.39 is 34.4 Å². The number of benzene rings is 1. The number of esters is 1. The van der Waals surface area contributed by atoms with Crippen LogP contribution in [-0.2, 0) is 14.9 Å². The monoisotopic (exact) mass is 585 g/mol. The fourth-order valence-corrected chi connectivity index (χ4v) is 4.07. The predicted molar refractivity (Wildman–Crippen MR) is 89.0 cm³/mol. The van der Waals surface area contributed by atoms with Gasteiger partial charge in [-0.3, -0.25) is 0 Å². The third kappa shape index (κ3) is 4.74. The SMILES string of the molecule is O=C(O)c1c(Br)c(Br)c(Br)c(Br)c1C(=O)OCCS(=O)(=O)[O-]. The summed E-state index contributed by atoms with van der Waals surface area (Å²) in [6.07, 6.45) is 0. The van der Waals surface area contributed by atoms with Gasteiger partial charge in [0.15, 0.2) is 0 Å². The molecule has 0 bridgehead atoms. The van der Waals surface area contributed by atoms with E-state index >= 15 is 0 Å². The van der Waals surface area contributed by atoms with E-state index in [9.17, 15) is 27.7 Å². The number of carboxylic acids is 1. The van der Waals surface area contributed by atoms with Gasteiger partial charge in [0.05, 0.1) is 27.0 Å². The summed E-state index contributed by atoms with van der Waals surface area (Å²) in [4.78, 5) is 23.4. The van der Waals surface area contributed by atoms with Crippen LogP contribution in [0.3, 0.4) is 0 Å². The molecule has 0 aliphatic rings. The van der Waals surface area contributed by atoms with Crippen LogP contribution in [0.15, 0.2) is 17.9 Å². The Morgan fingerprint density at radius 2 is 1.45 bits per heavy atom. The Balaban J connectivity index is 3.28. The Morgan fingerprint density at radius 3 is 1.86 bits per heavy atom. The van der Waals surface area contributed by atoms with Gasteiger partial charge in [-0.05, 0) is 63.7 Å². The first-order valence-electron chi connectivity index (χ1n) is 5.17. The molecule has 0 atom stereocenters. The average molecular weight is 589 g/mol. The second-order valence-corrected chi connectivity index (χ2v) is 8.40. The lowest BCUT2D eigenvalue weighted by Crippen LogP contribution is -2.18. The molecule has 1 aromatic rings. The summed E-state index contributed by atoms with van der Waals surface area (Å²) in [5, 5.41) is 9.25. The zero-order valence-electron chi connectivity index (χ0n) is 10.2. The number of ether oxygens (including phenoxy) is 1. The van der Waals surface area contributed by atoms with Gasteiger partial charge in [-0.15, -0.1) is 0 Å². The van der Waals surface area contributed by atoms with Crippen molar-refractivity contribution in [2.45, 2.75) is 0 Å². The molecule has 1 N–H and O–H groups in total. The van der Waals surface area contributed by atoms with Gasteiger partial charge in [0.1, 0.15) is 6.61 Å². The van der Waals surface area contributed by atoms with Gasteiger partial charge in [0.2, 0.25) is 0 Å². The van der Waals surface area contributed by atoms with Crippen molar-refractivity contribution in [1.29, 1.82) is 0 Å². The first-order chi connectivity index (χ1) is 9.97. The van der Waals surface area contributed by atoms with Gasteiger partial charge in [0, 0.05) is 17.9 Å². The highest BCUT2D eigenvalue weighted by atomic mass is 79.9. The number of aromatic carboxylic acids is 1. The summed E-state index contributed by atoms with van der Waals surface area (Å²) in [6.45, 7) is -0.679. The number of halogens is 4. The van der Waals surface area contributed by atoms with Crippen LogP contribution in [0.4, 0.5) is 0 Å². The van der Waals surface area contributed by atoms with Gasteiger partial charge in [-0.2, -0.15) is 0 Å². The van der Waals surface area contributed by atoms with E-state index in [0.717, 1.165) is 0 Å². The molecule has 0 radical (unpaired) electrons. The van der Waals surface area contributed by atoms with Crippen molar-refractivity contribution in [2.75, 3.05) is 12.4 Å². The number of hydrogen-bond acceptors (Lipinski definition) is 6. The van der Waals surface area contributed by atoms with Crippen LogP contribution >= 0.6 is 63.7 Å². The summed E-state index contributed by atoms with van der Waals surface area (Å²) in [5.74, 6) is -3.39. The van der Waals surface area contributed by atoms with Gasteiger partial charge in [0.25, 0.3) is 0 Å². The molecule has 1 rings (SSSR count). The van der Waals surface area contributed by atoms with E-state index in [0.29, 0.717) is 8.95 Å². The molecule has 12 heteroatoms. The third-order valence-electron chi connectivity index (χ3n) is 2.25. The summed E-state index contributed by atoms with van der Waals surface area (Å²) >= 11 is 12.4. The first-order valence-corrected chi connectivity index (χ1v) is 9.92. The Labute approximate surface area is 158 Å². The van der Waals surface area contributed by atoms with Crippen molar-refractivity contribution in [1.82, 2.24) is 0 Å². The summed E-state index contributed by atoms with van der Waals surface area (Å²) in [6, 6.07) is 0. The lowest BCUT2D eigenvalue weighted by molar-refractivity contribution is 0.0514. The number of carbonyl (C=O) groups excluding carboxylic acids is 1. The Hall–Kier alpha value is -0.0100. The van der Waals surface area contributed by atoms with Crippen molar-refractivity contribution in [3.8, 4) is 0 Å². The molecule has 22 heavy (non-hydrogen) atoms. The minimum absolute atomic E-state index is 0.0958. The molecule has 0 amide bonds. The van der Waals surface area contributed by atoms with Gasteiger partial charge < -0.3 is 14.4 Å². The minimum Gasteiger partial charge on any atom is -0.748 e. The average Bonchev–Trinajstić information content (AvgIpc) is 2.38.